The number of fused-ring (bicyclic) bond motifs is 3. The molecule has 0 saturated carbocycles. The molecule has 2 aromatic carbocycles. The molecule has 6 heteroatoms. The Labute approximate surface area is 157 Å². The molecule has 0 radical (unpaired) electrons. The van der Waals surface area contributed by atoms with Gasteiger partial charge in [0.15, 0.2) is 0 Å². The van der Waals surface area contributed by atoms with Crippen LogP contribution in [0.5, 0.6) is 0 Å². The number of aliphatic hydroxyl groups is 1. The van der Waals surface area contributed by atoms with Crippen LogP contribution < -0.4 is 0 Å². The van der Waals surface area contributed by atoms with Gasteiger partial charge in [0, 0.05) is 57.9 Å². The number of rotatable bonds is 4. The lowest BCUT2D eigenvalue weighted by atomic mass is 10.1. The highest BCUT2D eigenvalue weighted by Gasteiger charge is 2.19. The summed E-state index contributed by atoms with van der Waals surface area (Å²) in [7, 11) is 0. The zero-order valence-electron chi connectivity index (χ0n) is 14.8. The van der Waals surface area contributed by atoms with Crippen molar-refractivity contribution >= 4 is 56.8 Å². The summed E-state index contributed by atoms with van der Waals surface area (Å²) in [5.74, 6) is 0.121. The van der Waals surface area contributed by atoms with Gasteiger partial charge in [0.05, 0.1) is 14.0 Å². The Morgan fingerprint density at radius 3 is 2.25 bits per heavy atom. The van der Waals surface area contributed by atoms with Gasteiger partial charge in [-0.05, 0) is 36.4 Å². The van der Waals surface area contributed by atoms with Crippen molar-refractivity contribution < 1.29 is 7.85 Å². The van der Waals surface area contributed by atoms with Crippen LogP contribution in [0.25, 0.3) is 21.8 Å². The Morgan fingerprint density at radius 1 is 1.08 bits per heavy atom. The van der Waals surface area contributed by atoms with Gasteiger partial charge < -0.3 is 9.67 Å². The maximum Gasteiger partial charge on any atom is 0.0846 e. The summed E-state index contributed by atoms with van der Waals surface area (Å²) in [5, 5.41) is 14.0. The minimum atomic E-state index is -0.681. The van der Waals surface area contributed by atoms with Crippen molar-refractivity contribution in [2.75, 3.05) is 24.7 Å². The average Bonchev–Trinajstić information content (AvgIpc) is 3.07. The summed E-state index contributed by atoms with van der Waals surface area (Å²) in [6, 6.07) is 11.4. The Balaban J connectivity index is 1.71. The number of benzene rings is 2. The third kappa shape index (κ3) is 3.14. The Hall–Kier alpha value is -0.910. The molecule has 2 heterocycles. The number of hydrogen-bond donors (Lipinski definition) is 1. The van der Waals surface area contributed by atoms with Gasteiger partial charge in [0.25, 0.3) is 0 Å². The highest BCUT2D eigenvalue weighted by Crippen LogP contribution is 2.33. The molecule has 1 aliphatic heterocycles. The first-order valence-electron chi connectivity index (χ1n) is 8.86. The fourth-order valence-corrected chi connectivity index (χ4v) is 4.27. The zero-order valence-corrected chi connectivity index (χ0v) is 15.2. The number of hydrogen-bond acceptors (Lipinski definition) is 3. The first-order valence-corrected chi connectivity index (χ1v) is 9.51. The Kier molecular flexibility index (Phi) is 4.03. The summed E-state index contributed by atoms with van der Waals surface area (Å²) in [6.07, 6.45) is -0.681. The molecular weight excluding hydrogens is 363 g/mol. The molecule has 1 fully saturated rings. The second kappa shape index (κ2) is 6.77. The lowest BCUT2D eigenvalue weighted by molar-refractivity contribution is 0.114. The lowest BCUT2D eigenvalue weighted by Gasteiger charge is -2.20. The monoisotopic (exact) mass is 382 g/mol. The third-order valence-corrected chi connectivity index (χ3v) is 5.45. The molecule has 3 nitrogen and oxygen atoms in total. The van der Waals surface area contributed by atoms with E-state index in [9.17, 15) is 5.11 Å². The minimum Gasteiger partial charge on any atom is -0.390 e. The van der Waals surface area contributed by atoms with Crippen LogP contribution in [0.1, 0.15) is 2.74 Å². The molecule has 0 spiro atoms. The Bertz CT molecular complexity index is 898. The molecule has 3 aromatic rings. The number of aromatic nitrogens is 1. The van der Waals surface area contributed by atoms with E-state index < -0.39 is 18.5 Å². The number of aliphatic hydroxyl groups excluding tert-OH is 1. The van der Waals surface area contributed by atoms with E-state index in [4.69, 9.17) is 25.9 Å². The van der Waals surface area contributed by atoms with Crippen LogP contribution in [0.4, 0.5) is 0 Å². The van der Waals surface area contributed by atoms with Crippen molar-refractivity contribution in [2.24, 2.45) is 0 Å². The van der Waals surface area contributed by atoms with Crippen molar-refractivity contribution in [1.29, 1.82) is 0 Å². The van der Waals surface area contributed by atoms with Crippen molar-refractivity contribution in [3.8, 4) is 0 Å². The van der Waals surface area contributed by atoms with Crippen LogP contribution in [0.3, 0.4) is 0 Å². The van der Waals surface area contributed by atoms with E-state index in [0.29, 0.717) is 28.9 Å². The Morgan fingerprint density at radius 2 is 1.71 bits per heavy atom. The van der Waals surface area contributed by atoms with Crippen molar-refractivity contribution in [3.63, 3.8) is 0 Å². The van der Waals surface area contributed by atoms with E-state index in [2.05, 4.69) is 4.57 Å². The van der Waals surface area contributed by atoms with Gasteiger partial charge in [-0.15, -0.1) is 11.8 Å². The topological polar surface area (TPSA) is 28.4 Å². The van der Waals surface area contributed by atoms with E-state index in [0.717, 1.165) is 21.8 Å². The maximum absolute atomic E-state index is 10.7. The third-order valence-electron chi connectivity index (χ3n) is 4.22. The fourth-order valence-electron chi connectivity index (χ4n) is 3.20. The van der Waals surface area contributed by atoms with Gasteiger partial charge in [-0.2, -0.15) is 0 Å². The quantitative estimate of drug-likeness (QED) is 0.721. The number of β-amino-alcohol motifs (C(OH)–C–C–N with tert-alkyl or cyclic N) is 1. The molecule has 3 atom stereocenters. The lowest BCUT2D eigenvalue weighted by Crippen LogP contribution is -2.32. The number of halogens is 2. The maximum atomic E-state index is 10.7. The van der Waals surface area contributed by atoms with Gasteiger partial charge in [0.1, 0.15) is 0 Å². The van der Waals surface area contributed by atoms with Crippen LogP contribution in [-0.4, -0.2) is 45.3 Å². The zero-order chi connectivity index (χ0) is 18.4. The molecule has 24 heavy (non-hydrogen) atoms. The molecule has 1 aliphatic rings. The van der Waals surface area contributed by atoms with E-state index in [1.807, 2.05) is 36.4 Å². The normalized spacial score (nSPS) is 24.5. The van der Waals surface area contributed by atoms with Gasteiger partial charge in [-0.1, -0.05) is 23.2 Å². The smallest absolute Gasteiger partial charge is 0.0846 e. The first-order chi connectivity index (χ1) is 12.4. The number of thioether (sulfide) groups is 1. The molecule has 1 aromatic heterocycles. The molecular formula is C18H18Cl2N2OS. The van der Waals surface area contributed by atoms with Crippen molar-refractivity contribution in [3.05, 3.63) is 46.4 Å². The fraction of sp³-hybridized carbons (Fsp3) is 0.333. The van der Waals surface area contributed by atoms with Crippen LogP contribution in [0.15, 0.2) is 36.4 Å². The molecule has 0 aliphatic carbocycles. The average molecular weight is 383 g/mol. The number of nitrogens with zero attached hydrogens (tertiary/aromatic N) is 2. The summed E-state index contributed by atoms with van der Waals surface area (Å²) in [6.45, 7) is 0.245. The van der Waals surface area contributed by atoms with E-state index in [1.54, 1.807) is 4.90 Å². The second-order valence-electron chi connectivity index (χ2n) is 5.91. The molecule has 0 amide bonds. The van der Waals surface area contributed by atoms with Gasteiger partial charge in [-0.3, -0.25) is 4.90 Å². The van der Waals surface area contributed by atoms with Crippen LogP contribution >= 0.6 is 35.0 Å². The van der Waals surface area contributed by atoms with E-state index >= 15 is 0 Å². The molecule has 1 saturated heterocycles. The predicted octanol–water partition coefficient (Wildman–Crippen LogP) is 4.47. The largest absolute Gasteiger partial charge is 0.390 e. The molecule has 126 valence electrons. The highest BCUT2D eigenvalue weighted by atomic mass is 35.5. The van der Waals surface area contributed by atoms with E-state index in [1.165, 1.54) is 11.8 Å². The molecule has 4 rings (SSSR count). The van der Waals surface area contributed by atoms with Gasteiger partial charge in [-0.25, -0.2) is 0 Å². The highest BCUT2D eigenvalue weighted by molar-refractivity contribution is 7.99. The summed E-state index contributed by atoms with van der Waals surface area (Å²) in [4.78, 5) is 1.72. The van der Waals surface area contributed by atoms with Crippen molar-refractivity contribution in [1.82, 2.24) is 9.47 Å². The van der Waals surface area contributed by atoms with Gasteiger partial charge >= 0.3 is 0 Å². The molecule has 1 N–H and O–H groups in total. The summed E-state index contributed by atoms with van der Waals surface area (Å²) in [5.41, 5.74) is 1.96. The molecule has 0 bridgehead atoms. The molecule has 3 unspecified atom stereocenters. The standard InChI is InChI=1S/C18H18Cl2N2OS/c19-12-1-3-17-15(7-12)16-8-13(20)2-4-18(16)22(17)10-14(23)9-21-5-6-24-11-21/h1-4,7-8,14,23H,5-6,9-11H2/i5D,11D. The van der Waals surface area contributed by atoms with Crippen LogP contribution in [0, 0.1) is 0 Å². The van der Waals surface area contributed by atoms with E-state index in [-0.39, 0.29) is 0 Å². The second-order valence-corrected chi connectivity index (χ2v) is 7.66. The van der Waals surface area contributed by atoms with Gasteiger partial charge in [0.2, 0.25) is 0 Å². The van der Waals surface area contributed by atoms with Crippen molar-refractivity contribution in [2.45, 2.75) is 12.6 Å². The summed E-state index contributed by atoms with van der Waals surface area (Å²) < 4.78 is 18.1. The van der Waals surface area contributed by atoms with Crippen LogP contribution in [-0.2, 0) is 6.54 Å². The SMILES string of the molecule is [2H]C1CSC([2H])N1CC(O)Cn1c2ccc(Cl)cc2c2cc(Cl)ccc21. The predicted molar refractivity (Wildman–Crippen MR) is 104 cm³/mol. The van der Waals surface area contributed by atoms with Crippen LogP contribution in [0.2, 0.25) is 10.0 Å². The first kappa shape index (κ1) is 14.3. The minimum absolute atomic E-state index is 0.303. The summed E-state index contributed by atoms with van der Waals surface area (Å²) >= 11 is 13.8.